The Labute approximate surface area is 128 Å². The van der Waals surface area contributed by atoms with E-state index in [0.29, 0.717) is 27.6 Å². The van der Waals surface area contributed by atoms with E-state index in [-0.39, 0.29) is 10.6 Å². The molecule has 0 aliphatic carbocycles. The molecule has 0 aromatic heterocycles. The fraction of sp³-hybridized carbons (Fsp3) is 0.143. The highest BCUT2D eigenvalue weighted by Gasteiger charge is 2.16. The maximum absolute atomic E-state index is 13.7. The van der Waals surface area contributed by atoms with E-state index in [1.54, 1.807) is 18.2 Å². The molecule has 0 amide bonds. The Morgan fingerprint density at radius 3 is 2.42 bits per heavy atom. The van der Waals surface area contributed by atoms with Crippen LogP contribution < -0.4 is 0 Å². The van der Waals surface area contributed by atoms with Gasteiger partial charge in [-0.15, -0.1) is 0 Å². The highest BCUT2D eigenvalue weighted by molar-refractivity contribution is 9.09. The van der Waals surface area contributed by atoms with Gasteiger partial charge in [-0.3, -0.25) is 0 Å². The molecular weight excluding hydrogens is 357 g/mol. The Morgan fingerprint density at radius 2 is 1.79 bits per heavy atom. The standard InChI is InChI=1S/C14H9BrCl2F2/c15-11(9-5-4-8(18)6-13(9)17)7-10-12(16)2-1-3-14(10)19/h1-6,11H,7H2. The van der Waals surface area contributed by atoms with Crippen LogP contribution in [0.4, 0.5) is 8.78 Å². The van der Waals surface area contributed by atoms with Gasteiger partial charge >= 0.3 is 0 Å². The maximum Gasteiger partial charge on any atom is 0.127 e. The van der Waals surface area contributed by atoms with Crippen LogP contribution in [-0.2, 0) is 6.42 Å². The Bertz CT molecular complexity index is 582. The smallest absolute Gasteiger partial charge is 0.127 e. The second-order valence-electron chi connectivity index (χ2n) is 4.04. The van der Waals surface area contributed by atoms with Crippen LogP contribution in [0.15, 0.2) is 36.4 Å². The summed E-state index contributed by atoms with van der Waals surface area (Å²) in [4.78, 5) is -0.241. The molecule has 0 fully saturated rings. The fourth-order valence-corrected chi connectivity index (χ4v) is 3.17. The molecular formula is C14H9BrCl2F2. The first kappa shape index (κ1) is 14.8. The van der Waals surface area contributed by atoms with Gasteiger partial charge in [0.2, 0.25) is 0 Å². The normalized spacial score (nSPS) is 12.5. The molecule has 100 valence electrons. The van der Waals surface area contributed by atoms with Crippen molar-refractivity contribution in [1.82, 2.24) is 0 Å². The van der Waals surface area contributed by atoms with Gasteiger partial charge in [-0.1, -0.05) is 51.3 Å². The molecule has 0 aliphatic heterocycles. The Balaban J connectivity index is 2.28. The number of hydrogen-bond donors (Lipinski definition) is 0. The first-order valence-corrected chi connectivity index (χ1v) is 7.18. The number of hydrogen-bond acceptors (Lipinski definition) is 0. The molecule has 1 unspecified atom stereocenters. The van der Waals surface area contributed by atoms with E-state index in [1.807, 2.05) is 0 Å². The Kier molecular flexibility index (Phi) is 4.82. The van der Waals surface area contributed by atoms with Gasteiger partial charge in [0, 0.05) is 20.4 Å². The zero-order chi connectivity index (χ0) is 14.0. The average molecular weight is 366 g/mol. The van der Waals surface area contributed by atoms with Crippen LogP contribution in [0.5, 0.6) is 0 Å². The van der Waals surface area contributed by atoms with Crippen molar-refractivity contribution in [2.45, 2.75) is 11.2 Å². The zero-order valence-electron chi connectivity index (χ0n) is 9.64. The van der Waals surface area contributed by atoms with Crippen LogP contribution >= 0.6 is 39.1 Å². The molecule has 5 heteroatoms. The highest BCUT2D eigenvalue weighted by atomic mass is 79.9. The molecule has 0 saturated heterocycles. The maximum atomic E-state index is 13.7. The molecule has 2 aromatic carbocycles. The molecule has 0 nitrogen and oxygen atoms in total. The van der Waals surface area contributed by atoms with E-state index in [1.165, 1.54) is 18.2 Å². The lowest BCUT2D eigenvalue weighted by atomic mass is 10.0. The molecule has 0 N–H and O–H groups in total. The number of halogens is 5. The van der Waals surface area contributed by atoms with Gasteiger partial charge in [-0.2, -0.15) is 0 Å². The first-order valence-electron chi connectivity index (χ1n) is 5.51. The molecule has 19 heavy (non-hydrogen) atoms. The van der Waals surface area contributed by atoms with Crippen molar-refractivity contribution in [1.29, 1.82) is 0 Å². The highest BCUT2D eigenvalue weighted by Crippen LogP contribution is 2.35. The molecule has 2 rings (SSSR count). The summed E-state index contributed by atoms with van der Waals surface area (Å²) < 4.78 is 26.7. The molecule has 0 saturated carbocycles. The van der Waals surface area contributed by atoms with E-state index in [9.17, 15) is 8.78 Å². The monoisotopic (exact) mass is 364 g/mol. The molecule has 0 heterocycles. The minimum Gasteiger partial charge on any atom is -0.207 e. The van der Waals surface area contributed by atoms with Gasteiger partial charge in [0.1, 0.15) is 11.6 Å². The summed E-state index contributed by atoms with van der Waals surface area (Å²) in [6.07, 6.45) is 0.330. The summed E-state index contributed by atoms with van der Waals surface area (Å²) in [7, 11) is 0. The first-order chi connectivity index (χ1) is 8.99. The van der Waals surface area contributed by atoms with E-state index >= 15 is 0 Å². The predicted molar refractivity (Wildman–Crippen MR) is 78.2 cm³/mol. The van der Waals surface area contributed by atoms with Crippen molar-refractivity contribution in [3.05, 3.63) is 69.2 Å². The quantitative estimate of drug-likeness (QED) is 0.589. The van der Waals surface area contributed by atoms with Crippen LogP contribution in [0, 0.1) is 11.6 Å². The van der Waals surface area contributed by atoms with E-state index < -0.39 is 5.82 Å². The van der Waals surface area contributed by atoms with Gasteiger partial charge in [-0.05, 0) is 36.2 Å². The molecule has 0 bridgehead atoms. The third-order valence-electron chi connectivity index (χ3n) is 2.74. The van der Waals surface area contributed by atoms with E-state index in [4.69, 9.17) is 23.2 Å². The van der Waals surface area contributed by atoms with Crippen LogP contribution in [0.1, 0.15) is 16.0 Å². The average Bonchev–Trinajstić information content (AvgIpc) is 2.33. The summed E-state index contributed by atoms with van der Waals surface area (Å²) in [6, 6.07) is 8.66. The fourth-order valence-electron chi connectivity index (χ4n) is 1.77. The molecule has 0 aliphatic rings. The second kappa shape index (κ2) is 6.21. The van der Waals surface area contributed by atoms with Crippen LogP contribution in [0.3, 0.4) is 0 Å². The van der Waals surface area contributed by atoms with Crippen molar-refractivity contribution in [3.63, 3.8) is 0 Å². The molecule has 1 atom stereocenters. The van der Waals surface area contributed by atoms with E-state index in [0.717, 1.165) is 0 Å². The van der Waals surface area contributed by atoms with Crippen molar-refractivity contribution >= 4 is 39.1 Å². The van der Waals surface area contributed by atoms with Crippen LogP contribution in [0.2, 0.25) is 10.0 Å². The van der Waals surface area contributed by atoms with Gasteiger partial charge < -0.3 is 0 Å². The van der Waals surface area contributed by atoms with Crippen LogP contribution in [0.25, 0.3) is 0 Å². The van der Waals surface area contributed by atoms with Crippen molar-refractivity contribution < 1.29 is 8.78 Å². The predicted octanol–water partition coefficient (Wildman–Crippen LogP) is 5.95. The summed E-state index contributed by atoms with van der Waals surface area (Å²) >= 11 is 15.4. The summed E-state index contributed by atoms with van der Waals surface area (Å²) in [5.41, 5.74) is 1.11. The van der Waals surface area contributed by atoms with Crippen molar-refractivity contribution in [2.75, 3.05) is 0 Å². The topological polar surface area (TPSA) is 0 Å². The lowest BCUT2D eigenvalue weighted by molar-refractivity contribution is 0.608. The number of benzene rings is 2. The SMILES string of the molecule is Fc1ccc(C(Br)Cc2c(F)cccc2Cl)c(Cl)c1. The largest absolute Gasteiger partial charge is 0.207 e. The minimum absolute atomic E-state index is 0.241. The molecule has 0 radical (unpaired) electrons. The zero-order valence-corrected chi connectivity index (χ0v) is 12.7. The lowest BCUT2D eigenvalue weighted by Gasteiger charge is -2.13. The third-order valence-corrected chi connectivity index (χ3v) is 4.24. The van der Waals surface area contributed by atoms with E-state index in [2.05, 4.69) is 15.9 Å². The number of rotatable bonds is 3. The van der Waals surface area contributed by atoms with Gasteiger partial charge in [0.25, 0.3) is 0 Å². The second-order valence-corrected chi connectivity index (χ2v) is 5.96. The lowest BCUT2D eigenvalue weighted by Crippen LogP contribution is -2.00. The molecule has 2 aromatic rings. The van der Waals surface area contributed by atoms with Gasteiger partial charge in [0.15, 0.2) is 0 Å². The number of alkyl halides is 1. The Morgan fingerprint density at radius 1 is 1.05 bits per heavy atom. The van der Waals surface area contributed by atoms with Gasteiger partial charge in [0.05, 0.1) is 0 Å². The van der Waals surface area contributed by atoms with Gasteiger partial charge in [-0.25, -0.2) is 8.78 Å². The van der Waals surface area contributed by atoms with Crippen LogP contribution in [-0.4, -0.2) is 0 Å². The molecule has 0 spiro atoms. The summed E-state index contributed by atoms with van der Waals surface area (Å²) in [5.74, 6) is -0.771. The minimum atomic E-state index is -0.405. The van der Waals surface area contributed by atoms with Crippen molar-refractivity contribution in [3.8, 4) is 0 Å². The summed E-state index contributed by atoms with van der Waals surface area (Å²) in [5, 5.41) is 0.664. The summed E-state index contributed by atoms with van der Waals surface area (Å²) in [6.45, 7) is 0. The Hall–Kier alpha value is -0.640. The van der Waals surface area contributed by atoms with Crippen molar-refractivity contribution in [2.24, 2.45) is 0 Å². The third kappa shape index (κ3) is 3.47.